The number of carbonyl (C=O) groups is 1. The van der Waals surface area contributed by atoms with Crippen molar-refractivity contribution in [3.05, 3.63) is 76.9 Å². The molecule has 0 N–H and O–H groups in total. The van der Waals surface area contributed by atoms with Crippen LogP contribution in [0.15, 0.2) is 60.8 Å². The smallest absolute Gasteiger partial charge is 0.193 e. The molecule has 0 saturated carbocycles. The molecule has 1 aromatic heterocycles. The highest BCUT2D eigenvalue weighted by Gasteiger charge is 2.09. The van der Waals surface area contributed by atoms with Crippen LogP contribution < -0.4 is 0 Å². The molecule has 3 aromatic rings. The number of carbonyl (C=O) groups excluding carboxylic acids is 1. The molecule has 3 rings (SSSR count). The minimum absolute atomic E-state index is 0.0585. The molecule has 22 heavy (non-hydrogen) atoms. The van der Waals surface area contributed by atoms with Gasteiger partial charge in [-0.1, -0.05) is 61.5 Å². The van der Waals surface area contributed by atoms with E-state index >= 15 is 0 Å². The predicted molar refractivity (Wildman–Crippen MR) is 91.4 cm³/mol. The van der Waals surface area contributed by atoms with Crippen molar-refractivity contribution in [3.63, 3.8) is 0 Å². The quantitative estimate of drug-likeness (QED) is 0.621. The molecule has 0 saturated heterocycles. The molecule has 0 amide bonds. The van der Waals surface area contributed by atoms with Gasteiger partial charge < -0.3 is 0 Å². The topological polar surface area (TPSA) is 30.0 Å². The summed E-state index contributed by atoms with van der Waals surface area (Å²) in [6, 6.07) is 17.2. The molecule has 0 spiro atoms. The van der Waals surface area contributed by atoms with Crippen molar-refractivity contribution >= 4 is 17.1 Å². The first-order valence-corrected chi connectivity index (χ1v) is 8.24. The summed E-state index contributed by atoms with van der Waals surface area (Å²) in [7, 11) is 0. The molecule has 0 bridgehead atoms. The highest BCUT2D eigenvalue weighted by Crippen LogP contribution is 2.27. The van der Waals surface area contributed by atoms with E-state index in [0.29, 0.717) is 5.56 Å². The molecule has 0 unspecified atom stereocenters. The van der Waals surface area contributed by atoms with E-state index in [1.165, 1.54) is 5.01 Å². The molecule has 3 heteroatoms. The number of benzene rings is 2. The van der Waals surface area contributed by atoms with Crippen molar-refractivity contribution in [1.29, 1.82) is 0 Å². The monoisotopic (exact) mass is 307 g/mol. The molecule has 1 heterocycles. The third-order valence-electron chi connectivity index (χ3n) is 3.49. The summed E-state index contributed by atoms with van der Waals surface area (Å²) >= 11 is 1.73. The lowest BCUT2D eigenvalue weighted by Crippen LogP contribution is -2.00. The fourth-order valence-corrected chi connectivity index (χ4v) is 3.34. The molecule has 0 aliphatic rings. The Kier molecular flexibility index (Phi) is 4.45. The Labute approximate surface area is 134 Å². The predicted octanol–water partition coefficient (Wildman–Crippen LogP) is 4.99. The van der Waals surface area contributed by atoms with Gasteiger partial charge in [-0.3, -0.25) is 4.79 Å². The van der Waals surface area contributed by atoms with Gasteiger partial charge in [0.2, 0.25) is 0 Å². The molecule has 0 atom stereocenters. The Morgan fingerprint density at radius 2 is 1.68 bits per heavy atom. The largest absolute Gasteiger partial charge is 0.289 e. The first-order chi connectivity index (χ1) is 10.8. The van der Waals surface area contributed by atoms with Crippen LogP contribution in [0.25, 0.3) is 10.4 Å². The van der Waals surface area contributed by atoms with Crippen molar-refractivity contribution < 1.29 is 4.79 Å². The van der Waals surface area contributed by atoms with E-state index in [1.54, 1.807) is 11.3 Å². The number of aryl methyl sites for hydroxylation is 1. The molecule has 0 aliphatic carbocycles. The van der Waals surface area contributed by atoms with Gasteiger partial charge in [0.25, 0.3) is 0 Å². The summed E-state index contributed by atoms with van der Waals surface area (Å²) in [5.74, 6) is 0.0585. The van der Waals surface area contributed by atoms with E-state index in [1.807, 2.05) is 60.8 Å². The molecule has 0 fully saturated rings. The summed E-state index contributed by atoms with van der Waals surface area (Å²) in [6.07, 6.45) is 4.05. The van der Waals surface area contributed by atoms with Crippen molar-refractivity contribution in [2.45, 2.75) is 19.8 Å². The fourth-order valence-electron chi connectivity index (χ4n) is 2.32. The van der Waals surface area contributed by atoms with Crippen LogP contribution in [-0.2, 0) is 6.42 Å². The van der Waals surface area contributed by atoms with E-state index in [2.05, 4.69) is 11.9 Å². The lowest BCUT2D eigenvalue weighted by atomic mass is 10.0. The van der Waals surface area contributed by atoms with E-state index in [4.69, 9.17) is 0 Å². The zero-order chi connectivity index (χ0) is 15.4. The molecule has 0 aliphatic heterocycles. The second kappa shape index (κ2) is 6.67. The van der Waals surface area contributed by atoms with Crippen LogP contribution >= 0.6 is 11.3 Å². The van der Waals surface area contributed by atoms with E-state index in [-0.39, 0.29) is 5.78 Å². The van der Waals surface area contributed by atoms with Gasteiger partial charge in [0.1, 0.15) is 0 Å². The Hall–Kier alpha value is -2.26. The maximum absolute atomic E-state index is 12.4. The summed E-state index contributed by atoms with van der Waals surface area (Å²) in [5, 5.41) is 1.17. The number of ketones is 1. The second-order valence-corrected chi connectivity index (χ2v) is 6.26. The number of aromatic nitrogens is 1. The van der Waals surface area contributed by atoms with Gasteiger partial charge in [-0.05, 0) is 18.4 Å². The average Bonchev–Trinajstić information content (AvgIpc) is 3.04. The Morgan fingerprint density at radius 1 is 1.00 bits per heavy atom. The molecular weight excluding hydrogens is 290 g/mol. The Bertz CT molecular complexity index is 760. The van der Waals surface area contributed by atoms with Gasteiger partial charge in [0.15, 0.2) is 5.78 Å². The number of rotatable bonds is 5. The standard InChI is InChI=1S/C19H17NOS/c1-2-6-18-20-13-17(22-18)14-9-11-16(12-10-14)19(21)15-7-4-3-5-8-15/h3-5,7-13H,2,6H2,1H3. The van der Waals surface area contributed by atoms with Gasteiger partial charge in [-0.2, -0.15) is 0 Å². The fraction of sp³-hybridized carbons (Fsp3) is 0.158. The maximum atomic E-state index is 12.4. The van der Waals surface area contributed by atoms with Gasteiger partial charge in [0, 0.05) is 17.3 Å². The number of hydrogen-bond acceptors (Lipinski definition) is 3. The van der Waals surface area contributed by atoms with E-state index < -0.39 is 0 Å². The van der Waals surface area contributed by atoms with Crippen molar-refractivity contribution in [2.24, 2.45) is 0 Å². The molecule has 2 nitrogen and oxygen atoms in total. The lowest BCUT2D eigenvalue weighted by Gasteiger charge is -2.02. The second-order valence-electron chi connectivity index (χ2n) is 5.14. The number of thiazole rings is 1. The molecule has 110 valence electrons. The van der Waals surface area contributed by atoms with Gasteiger partial charge in [-0.15, -0.1) is 11.3 Å². The highest BCUT2D eigenvalue weighted by atomic mass is 32.1. The van der Waals surface area contributed by atoms with Crippen LogP contribution in [0.1, 0.15) is 34.3 Å². The van der Waals surface area contributed by atoms with Crippen molar-refractivity contribution in [2.75, 3.05) is 0 Å². The number of nitrogens with zero attached hydrogens (tertiary/aromatic N) is 1. The number of hydrogen-bond donors (Lipinski definition) is 0. The summed E-state index contributed by atoms with van der Waals surface area (Å²) in [5.41, 5.74) is 2.55. The molecule has 2 aromatic carbocycles. The Balaban J connectivity index is 1.81. The normalized spacial score (nSPS) is 10.6. The Morgan fingerprint density at radius 3 is 2.36 bits per heavy atom. The van der Waals surface area contributed by atoms with Crippen molar-refractivity contribution in [3.8, 4) is 10.4 Å². The summed E-state index contributed by atoms with van der Waals surface area (Å²) in [4.78, 5) is 18.0. The van der Waals surface area contributed by atoms with Crippen LogP contribution in [0, 0.1) is 0 Å². The molecule has 0 radical (unpaired) electrons. The van der Waals surface area contributed by atoms with Gasteiger partial charge in [0.05, 0.1) is 9.88 Å². The summed E-state index contributed by atoms with van der Waals surface area (Å²) in [6.45, 7) is 2.16. The van der Waals surface area contributed by atoms with Gasteiger partial charge >= 0.3 is 0 Å². The zero-order valence-electron chi connectivity index (χ0n) is 12.5. The van der Waals surface area contributed by atoms with E-state index in [9.17, 15) is 4.79 Å². The first-order valence-electron chi connectivity index (χ1n) is 7.43. The first kappa shape index (κ1) is 14.7. The highest BCUT2D eigenvalue weighted by molar-refractivity contribution is 7.15. The van der Waals surface area contributed by atoms with Crippen LogP contribution in [0.5, 0.6) is 0 Å². The van der Waals surface area contributed by atoms with Crippen LogP contribution in [-0.4, -0.2) is 10.8 Å². The minimum atomic E-state index is 0.0585. The van der Waals surface area contributed by atoms with Crippen LogP contribution in [0.2, 0.25) is 0 Å². The van der Waals surface area contributed by atoms with Crippen LogP contribution in [0.4, 0.5) is 0 Å². The SMILES string of the molecule is CCCc1ncc(-c2ccc(C(=O)c3ccccc3)cc2)s1. The van der Waals surface area contributed by atoms with Crippen LogP contribution in [0.3, 0.4) is 0 Å². The molecular formula is C19H17NOS. The third kappa shape index (κ3) is 3.15. The minimum Gasteiger partial charge on any atom is -0.289 e. The van der Waals surface area contributed by atoms with Gasteiger partial charge in [-0.25, -0.2) is 4.98 Å². The average molecular weight is 307 g/mol. The zero-order valence-corrected chi connectivity index (χ0v) is 13.3. The lowest BCUT2D eigenvalue weighted by molar-refractivity contribution is 0.103. The van der Waals surface area contributed by atoms with E-state index in [0.717, 1.165) is 28.8 Å². The maximum Gasteiger partial charge on any atom is 0.193 e. The summed E-state index contributed by atoms with van der Waals surface area (Å²) < 4.78 is 0. The third-order valence-corrected chi connectivity index (χ3v) is 4.59. The van der Waals surface area contributed by atoms with Crippen molar-refractivity contribution in [1.82, 2.24) is 4.98 Å².